The number of hydrogen-bond acceptors (Lipinski definition) is 6. The van der Waals surface area contributed by atoms with Crippen LogP contribution in [-0.2, 0) is 20.7 Å². The highest BCUT2D eigenvalue weighted by Crippen LogP contribution is 2.27. The summed E-state index contributed by atoms with van der Waals surface area (Å²) in [5.74, 6) is -0.547. The minimum atomic E-state index is -0.916. The van der Waals surface area contributed by atoms with Crippen LogP contribution in [0, 0.1) is 5.41 Å². The van der Waals surface area contributed by atoms with Crippen molar-refractivity contribution in [2.75, 3.05) is 19.8 Å². The first-order chi connectivity index (χ1) is 15.2. The van der Waals surface area contributed by atoms with Crippen molar-refractivity contribution in [1.82, 2.24) is 0 Å². The van der Waals surface area contributed by atoms with Crippen molar-refractivity contribution < 1.29 is 29.3 Å². The normalized spacial score (nSPS) is 11.0. The molecule has 2 N–H and O–H groups in total. The van der Waals surface area contributed by atoms with Gasteiger partial charge >= 0.3 is 11.9 Å². The molecule has 0 amide bonds. The number of aryl methyl sites for hydroxylation is 1. The third kappa shape index (κ3) is 6.90. The molecule has 0 aliphatic rings. The number of ether oxygens (including phenoxy) is 2. The smallest absolute Gasteiger partial charge is 0.338 e. The summed E-state index contributed by atoms with van der Waals surface area (Å²) in [4.78, 5) is 23.3. The molecule has 0 saturated heterocycles. The Morgan fingerprint density at radius 3 is 1.81 bits per heavy atom. The number of aliphatic hydroxyl groups is 2. The number of carbonyl (C=O) groups is 2. The molecule has 2 rings (SSSR count). The van der Waals surface area contributed by atoms with Gasteiger partial charge in [-0.05, 0) is 55.5 Å². The summed E-state index contributed by atoms with van der Waals surface area (Å²) in [5, 5.41) is 19.6. The van der Waals surface area contributed by atoms with Gasteiger partial charge in [0, 0.05) is 11.1 Å². The zero-order valence-electron chi connectivity index (χ0n) is 18.6. The number of benzene rings is 2. The first-order valence-electron chi connectivity index (χ1n) is 10.3. The summed E-state index contributed by atoms with van der Waals surface area (Å²) in [6.07, 6.45) is 1.05. The molecule has 0 spiro atoms. The molecule has 0 bridgehead atoms. The highest BCUT2D eigenvalue weighted by molar-refractivity contribution is 5.88. The molecule has 0 aromatic heterocycles. The Bertz CT molecular complexity index is 953. The first kappa shape index (κ1) is 25.0. The van der Waals surface area contributed by atoms with E-state index in [1.807, 2.05) is 36.4 Å². The minimum Gasteiger partial charge on any atom is -0.462 e. The van der Waals surface area contributed by atoms with Gasteiger partial charge in [0.2, 0.25) is 0 Å². The number of aliphatic hydroxyl groups excluding tert-OH is 2. The fraction of sp³-hybridized carbons (Fsp3) is 0.308. The van der Waals surface area contributed by atoms with E-state index in [0.29, 0.717) is 24.2 Å². The third-order valence-electron chi connectivity index (χ3n) is 5.17. The summed E-state index contributed by atoms with van der Waals surface area (Å²) in [6.45, 7) is 9.57. The Balaban J connectivity index is 2.00. The van der Waals surface area contributed by atoms with E-state index in [1.54, 1.807) is 26.0 Å². The van der Waals surface area contributed by atoms with Gasteiger partial charge in [0.1, 0.15) is 12.4 Å². The third-order valence-corrected chi connectivity index (χ3v) is 5.17. The number of rotatable bonds is 11. The molecule has 2 aromatic carbocycles. The number of hydrogen-bond donors (Lipinski definition) is 2. The average Bonchev–Trinajstić information content (AvgIpc) is 2.80. The summed E-state index contributed by atoms with van der Waals surface area (Å²) in [5.41, 5.74) is 2.69. The van der Waals surface area contributed by atoms with Gasteiger partial charge in [-0.25, -0.2) is 9.59 Å². The van der Waals surface area contributed by atoms with Crippen molar-refractivity contribution in [3.8, 4) is 16.9 Å². The first-order valence-corrected chi connectivity index (χ1v) is 10.3. The Labute approximate surface area is 188 Å². The predicted molar refractivity (Wildman–Crippen MR) is 123 cm³/mol. The Kier molecular flexibility index (Phi) is 8.93. The van der Waals surface area contributed by atoms with E-state index in [-0.39, 0.29) is 25.4 Å². The van der Waals surface area contributed by atoms with Crippen molar-refractivity contribution >= 4 is 11.9 Å². The van der Waals surface area contributed by atoms with Crippen LogP contribution in [0.4, 0.5) is 0 Å². The lowest BCUT2D eigenvalue weighted by molar-refractivity contribution is -0.145. The summed E-state index contributed by atoms with van der Waals surface area (Å²) in [6, 6.07) is 15.1. The number of carbonyl (C=O) groups excluding carboxylic acids is 2. The van der Waals surface area contributed by atoms with Gasteiger partial charge in [0.15, 0.2) is 0 Å². The monoisotopic (exact) mass is 438 g/mol. The lowest BCUT2D eigenvalue weighted by Gasteiger charge is -2.29. The maximum atomic E-state index is 11.7. The van der Waals surface area contributed by atoms with Crippen LogP contribution in [0.5, 0.6) is 5.75 Å². The van der Waals surface area contributed by atoms with Crippen LogP contribution >= 0.6 is 0 Å². The highest BCUT2D eigenvalue weighted by Gasteiger charge is 2.30. The second-order valence-electron chi connectivity index (χ2n) is 8.06. The Morgan fingerprint density at radius 2 is 1.34 bits per heavy atom. The van der Waals surface area contributed by atoms with E-state index in [0.717, 1.165) is 16.7 Å². The predicted octanol–water partition coefficient (Wildman–Crippen LogP) is 3.86. The standard InChI is InChI=1S/C26H30O6/c1-18(2)24(29)31-17-26(15-27,16-28)14-13-20-5-7-21(8-6-20)22-9-11-23(12-10-22)32-25(30)19(3)4/h5-12,27-28H,1,3,13-17H2,2,4H3. The van der Waals surface area contributed by atoms with Crippen LogP contribution in [0.2, 0.25) is 0 Å². The molecule has 32 heavy (non-hydrogen) atoms. The average molecular weight is 439 g/mol. The van der Waals surface area contributed by atoms with Gasteiger partial charge in [-0.1, -0.05) is 49.6 Å². The van der Waals surface area contributed by atoms with Crippen LogP contribution in [0.1, 0.15) is 25.8 Å². The van der Waals surface area contributed by atoms with E-state index in [9.17, 15) is 19.8 Å². The van der Waals surface area contributed by atoms with Gasteiger partial charge in [-0.3, -0.25) is 0 Å². The van der Waals surface area contributed by atoms with Gasteiger partial charge in [0.05, 0.1) is 18.6 Å². The lowest BCUT2D eigenvalue weighted by Crippen LogP contribution is -2.36. The molecule has 0 aliphatic carbocycles. The summed E-state index contributed by atoms with van der Waals surface area (Å²) >= 11 is 0. The van der Waals surface area contributed by atoms with Gasteiger partial charge in [-0.2, -0.15) is 0 Å². The quantitative estimate of drug-likeness (QED) is 0.314. The van der Waals surface area contributed by atoms with Crippen molar-refractivity contribution in [2.24, 2.45) is 5.41 Å². The van der Waals surface area contributed by atoms with Gasteiger partial charge < -0.3 is 19.7 Å². The van der Waals surface area contributed by atoms with E-state index in [4.69, 9.17) is 9.47 Å². The SMILES string of the molecule is C=C(C)C(=O)OCC(CO)(CO)CCc1ccc(-c2ccc(OC(=O)C(=C)C)cc2)cc1. The van der Waals surface area contributed by atoms with Crippen molar-refractivity contribution in [3.63, 3.8) is 0 Å². The summed E-state index contributed by atoms with van der Waals surface area (Å²) in [7, 11) is 0. The van der Waals surface area contributed by atoms with Crippen LogP contribution in [0.3, 0.4) is 0 Å². The molecule has 0 fully saturated rings. The van der Waals surface area contributed by atoms with Crippen LogP contribution in [0.25, 0.3) is 11.1 Å². The fourth-order valence-corrected chi connectivity index (χ4v) is 2.90. The van der Waals surface area contributed by atoms with E-state index >= 15 is 0 Å². The maximum Gasteiger partial charge on any atom is 0.338 e. The lowest BCUT2D eigenvalue weighted by atomic mass is 9.84. The second kappa shape index (κ2) is 11.4. The molecule has 6 nitrogen and oxygen atoms in total. The molecule has 0 atom stereocenters. The fourth-order valence-electron chi connectivity index (χ4n) is 2.90. The molecule has 170 valence electrons. The molecular formula is C26H30O6. The van der Waals surface area contributed by atoms with Gasteiger partial charge in [0.25, 0.3) is 0 Å². The van der Waals surface area contributed by atoms with Crippen LogP contribution in [-0.4, -0.2) is 42.0 Å². The Morgan fingerprint density at radius 1 is 0.844 bits per heavy atom. The van der Waals surface area contributed by atoms with Gasteiger partial charge in [-0.15, -0.1) is 0 Å². The van der Waals surface area contributed by atoms with E-state index in [1.165, 1.54) is 0 Å². The molecule has 0 aliphatic heterocycles. The largest absolute Gasteiger partial charge is 0.462 e. The zero-order valence-corrected chi connectivity index (χ0v) is 18.6. The van der Waals surface area contributed by atoms with E-state index < -0.39 is 17.4 Å². The van der Waals surface area contributed by atoms with Crippen molar-refractivity contribution in [1.29, 1.82) is 0 Å². The topological polar surface area (TPSA) is 93.1 Å². The summed E-state index contributed by atoms with van der Waals surface area (Å²) < 4.78 is 10.4. The minimum absolute atomic E-state index is 0.0773. The van der Waals surface area contributed by atoms with Crippen molar-refractivity contribution in [3.05, 3.63) is 78.4 Å². The molecule has 0 saturated carbocycles. The van der Waals surface area contributed by atoms with Crippen LogP contribution < -0.4 is 4.74 Å². The molecule has 0 unspecified atom stereocenters. The molecule has 0 radical (unpaired) electrons. The molecule has 6 heteroatoms. The zero-order chi connectivity index (χ0) is 23.7. The highest BCUT2D eigenvalue weighted by atomic mass is 16.5. The number of esters is 2. The Hall–Kier alpha value is -3.22. The van der Waals surface area contributed by atoms with Crippen LogP contribution in [0.15, 0.2) is 72.8 Å². The van der Waals surface area contributed by atoms with E-state index in [2.05, 4.69) is 13.2 Å². The molecular weight excluding hydrogens is 408 g/mol. The molecule has 2 aromatic rings. The maximum absolute atomic E-state index is 11.7. The molecule has 0 heterocycles. The second-order valence-corrected chi connectivity index (χ2v) is 8.06. The van der Waals surface area contributed by atoms with Crippen molar-refractivity contribution in [2.45, 2.75) is 26.7 Å².